The second kappa shape index (κ2) is 7.13. The number of carbonyl (C=O) groups is 1. The number of rotatable bonds is 6. The topological polar surface area (TPSA) is 75.3 Å². The van der Waals surface area contributed by atoms with Crippen molar-refractivity contribution in [3.63, 3.8) is 0 Å². The van der Waals surface area contributed by atoms with Gasteiger partial charge in [-0.3, -0.25) is 4.79 Å². The van der Waals surface area contributed by atoms with Crippen molar-refractivity contribution in [2.24, 2.45) is 11.7 Å². The third-order valence-corrected chi connectivity index (χ3v) is 3.20. The van der Waals surface area contributed by atoms with Crippen molar-refractivity contribution in [3.8, 4) is 0 Å². The van der Waals surface area contributed by atoms with Crippen molar-refractivity contribution in [3.05, 3.63) is 35.9 Å². The molecule has 3 atom stereocenters. The Morgan fingerprint density at radius 3 is 2.50 bits per heavy atom. The molecule has 1 amide bonds. The monoisotopic (exact) mass is 250 g/mol. The molecule has 0 aliphatic rings. The van der Waals surface area contributed by atoms with Crippen LogP contribution in [-0.4, -0.2) is 23.7 Å². The number of aliphatic hydroxyl groups is 1. The van der Waals surface area contributed by atoms with Crippen LogP contribution in [0.5, 0.6) is 0 Å². The number of carbonyl (C=O) groups excluding carboxylic acids is 1. The van der Waals surface area contributed by atoms with E-state index in [1.54, 1.807) is 6.92 Å². The number of nitrogens with two attached hydrogens (primary N) is 1. The fourth-order valence-corrected chi connectivity index (χ4v) is 1.74. The predicted octanol–water partition coefficient (Wildman–Crippen LogP) is 1.21. The average molecular weight is 250 g/mol. The Hall–Kier alpha value is -1.39. The molecule has 0 aliphatic heterocycles. The maximum Gasteiger partial charge on any atom is 0.225 e. The highest BCUT2D eigenvalue weighted by atomic mass is 16.3. The van der Waals surface area contributed by atoms with Crippen molar-refractivity contribution in [1.82, 2.24) is 5.32 Å². The fourth-order valence-electron chi connectivity index (χ4n) is 1.74. The van der Waals surface area contributed by atoms with Crippen molar-refractivity contribution < 1.29 is 9.90 Å². The molecule has 0 saturated heterocycles. The highest BCUT2D eigenvalue weighted by Gasteiger charge is 2.23. The lowest BCUT2D eigenvalue weighted by molar-refractivity contribution is -0.126. The number of benzene rings is 1. The molecule has 0 bridgehead atoms. The summed E-state index contributed by atoms with van der Waals surface area (Å²) >= 11 is 0. The summed E-state index contributed by atoms with van der Waals surface area (Å²) in [7, 11) is 0. The molecular formula is C14H22N2O2. The van der Waals surface area contributed by atoms with Gasteiger partial charge >= 0.3 is 0 Å². The predicted molar refractivity (Wildman–Crippen MR) is 71.8 cm³/mol. The molecule has 4 heteroatoms. The van der Waals surface area contributed by atoms with Gasteiger partial charge in [0.05, 0.1) is 18.6 Å². The normalized spacial score (nSPS) is 15.8. The van der Waals surface area contributed by atoms with E-state index in [9.17, 15) is 4.79 Å². The SMILES string of the molecule is CC[C@@H](CO)NC(=O)C(C)C(N)c1ccccc1. The number of hydrogen-bond acceptors (Lipinski definition) is 3. The first-order valence-corrected chi connectivity index (χ1v) is 6.31. The smallest absolute Gasteiger partial charge is 0.225 e. The van der Waals surface area contributed by atoms with Crippen LogP contribution in [0.2, 0.25) is 0 Å². The van der Waals surface area contributed by atoms with Crippen LogP contribution in [0.15, 0.2) is 30.3 Å². The number of nitrogens with one attached hydrogen (secondary N) is 1. The molecular weight excluding hydrogens is 228 g/mol. The molecule has 0 aromatic heterocycles. The van der Waals surface area contributed by atoms with Crippen LogP contribution in [-0.2, 0) is 4.79 Å². The highest BCUT2D eigenvalue weighted by molar-refractivity contribution is 5.79. The maximum atomic E-state index is 12.0. The number of hydrogen-bond donors (Lipinski definition) is 3. The zero-order valence-corrected chi connectivity index (χ0v) is 11.0. The Kier molecular flexibility index (Phi) is 5.82. The second-order valence-electron chi connectivity index (χ2n) is 4.52. The third-order valence-electron chi connectivity index (χ3n) is 3.20. The molecule has 1 aromatic rings. The van der Waals surface area contributed by atoms with Crippen LogP contribution in [0.25, 0.3) is 0 Å². The Labute approximate surface area is 108 Å². The summed E-state index contributed by atoms with van der Waals surface area (Å²) in [5, 5.41) is 11.9. The van der Waals surface area contributed by atoms with Crippen LogP contribution in [0, 0.1) is 5.92 Å². The van der Waals surface area contributed by atoms with E-state index in [0.29, 0.717) is 6.42 Å². The van der Waals surface area contributed by atoms with E-state index in [4.69, 9.17) is 10.8 Å². The van der Waals surface area contributed by atoms with Crippen molar-refractivity contribution >= 4 is 5.91 Å². The molecule has 0 heterocycles. The standard InChI is InChI=1S/C14H22N2O2/c1-3-12(9-17)16-14(18)10(2)13(15)11-7-5-4-6-8-11/h4-8,10,12-13,17H,3,9,15H2,1-2H3,(H,16,18)/t10?,12-,13?/m0/s1. The van der Waals surface area contributed by atoms with E-state index < -0.39 is 0 Å². The summed E-state index contributed by atoms with van der Waals surface area (Å²) in [5.41, 5.74) is 7.02. The Bertz CT molecular complexity index is 363. The molecule has 0 saturated carbocycles. The largest absolute Gasteiger partial charge is 0.394 e. The first-order chi connectivity index (χ1) is 8.60. The molecule has 0 spiro atoms. The Balaban J connectivity index is 2.63. The molecule has 2 unspecified atom stereocenters. The minimum atomic E-state index is -0.331. The summed E-state index contributed by atoms with van der Waals surface area (Å²) in [4.78, 5) is 12.0. The summed E-state index contributed by atoms with van der Waals surface area (Å²) in [5.74, 6) is -0.444. The van der Waals surface area contributed by atoms with Crippen molar-refractivity contribution in [1.29, 1.82) is 0 Å². The van der Waals surface area contributed by atoms with Gasteiger partial charge in [-0.25, -0.2) is 0 Å². The second-order valence-corrected chi connectivity index (χ2v) is 4.52. The van der Waals surface area contributed by atoms with Gasteiger partial charge in [-0.05, 0) is 12.0 Å². The molecule has 4 nitrogen and oxygen atoms in total. The lowest BCUT2D eigenvalue weighted by Crippen LogP contribution is -2.42. The van der Waals surface area contributed by atoms with Gasteiger partial charge in [0.25, 0.3) is 0 Å². The van der Waals surface area contributed by atoms with E-state index in [0.717, 1.165) is 5.56 Å². The third kappa shape index (κ3) is 3.82. The summed E-state index contributed by atoms with van der Waals surface area (Å²) in [6.07, 6.45) is 0.704. The quantitative estimate of drug-likeness (QED) is 0.710. The van der Waals surface area contributed by atoms with Crippen LogP contribution < -0.4 is 11.1 Å². The van der Waals surface area contributed by atoms with Crippen LogP contribution in [0.3, 0.4) is 0 Å². The molecule has 0 fully saturated rings. The lowest BCUT2D eigenvalue weighted by atomic mass is 9.94. The number of aliphatic hydroxyl groups excluding tert-OH is 1. The first-order valence-electron chi connectivity index (χ1n) is 6.31. The van der Waals surface area contributed by atoms with Gasteiger partial charge in [0, 0.05) is 6.04 Å². The van der Waals surface area contributed by atoms with Gasteiger partial charge in [0.2, 0.25) is 5.91 Å². The van der Waals surface area contributed by atoms with E-state index >= 15 is 0 Å². The van der Waals surface area contributed by atoms with Crippen LogP contribution >= 0.6 is 0 Å². The van der Waals surface area contributed by atoms with E-state index in [2.05, 4.69) is 5.32 Å². The van der Waals surface area contributed by atoms with E-state index in [1.807, 2.05) is 37.3 Å². The molecule has 18 heavy (non-hydrogen) atoms. The van der Waals surface area contributed by atoms with Gasteiger partial charge in [-0.15, -0.1) is 0 Å². The van der Waals surface area contributed by atoms with Crippen molar-refractivity contribution in [2.75, 3.05) is 6.61 Å². The van der Waals surface area contributed by atoms with Crippen molar-refractivity contribution in [2.45, 2.75) is 32.4 Å². The van der Waals surface area contributed by atoms with Crippen LogP contribution in [0.1, 0.15) is 31.9 Å². The first kappa shape index (κ1) is 14.7. The highest BCUT2D eigenvalue weighted by Crippen LogP contribution is 2.19. The molecule has 0 radical (unpaired) electrons. The molecule has 4 N–H and O–H groups in total. The Morgan fingerprint density at radius 2 is 2.00 bits per heavy atom. The van der Waals surface area contributed by atoms with Gasteiger partial charge in [0.15, 0.2) is 0 Å². The molecule has 100 valence electrons. The van der Waals surface area contributed by atoms with Crippen LogP contribution in [0.4, 0.5) is 0 Å². The van der Waals surface area contributed by atoms with Gasteiger partial charge in [-0.1, -0.05) is 44.2 Å². The zero-order chi connectivity index (χ0) is 13.5. The summed E-state index contributed by atoms with van der Waals surface area (Å²) in [6, 6.07) is 9.03. The van der Waals surface area contributed by atoms with E-state index in [1.165, 1.54) is 0 Å². The minimum Gasteiger partial charge on any atom is -0.394 e. The van der Waals surface area contributed by atoms with Gasteiger partial charge in [-0.2, -0.15) is 0 Å². The molecule has 1 aromatic carbocycles. The number of amides is 1. The maximum absolute atomic E-state index is 12.0. The van der Waals surface area contributed by atoms with Gasteiger partial charge in [0.1, 0.15) is 0 Å². The lowest BCUT2D eigenvalue weighted by Gasteiger charge is -2.22. The fraction of sp³-hybridized carbons (Fsp3) is 0.500. The zero-order valence-electron chi connectivity index (χ0n) is 11.0. The molecule has 1 rings (SSSR count). The van der Waals surface area contributed by atoms with Gasteiger partial charge < -0.3 is 16.2 Å². The average Bonchev–Trinajstić information content (AvgIpc) is 2.43. The Morgan fingerprint density at radius 1 is 1.39 bits per heavy atom. The minimum absolute atomic E-state index is 0.0461. The molecule has 0 aliphatic carbocycles. The summed E-state index contributed by atoms with van der Waals surface area (Å²) in [6.45, 7) is 3.68. The summed E-state index contributed by atoms with van der Waals surface area (Å²) < 4.78 is 0. The van der Waals surface area contributed by atoms with E-state index in [-0.39, 0.29) is 30.5 Å².